The molecule has 1 aromatic heterocycles. The summed E-state index contributed by atoms with van der Waals surface area (Å²) in [6.45, 7) is 0.672. The fourth-order valence-electron chi connectivity index (χ4n) is 3.62. The van der Waals surface area contributed by atoms with Gasteiger partial charge in [-0.15, -0.1) is 11.3 Å². The molecule has 7 nitrogen and oxygen atoms in total. The molecule has 3 amide bonds. The minimum Gasteiger partial charge on any atom is -0.480 e. The van der Waals surface area contributed by atoms with Crippen LogP contribution < -0.4 is 10.1 Å². The van der Waals surface area contributed by atoms with Crippen LogP contribution in [0.4, 0.5) is 4.39 Å². The van der Waals surface area contributed by atoms with E-state index in [1.165, 1.54) is 34.4 Å². The number of halogens is 1. The van der Waals surface area contributed by atoms with Gasteiger partial charge in [-0.25, -0.2) is 4.39 Å². The van der Waals surface area contributed by atoms with E-state index < -0.39 is 6.10 Å². The molecule has 2 aliphatic rings. The second kappa shape index (κ2) is 8.89. The number of benzene rings is 1. The minimum atomic E-state index is -0.731. The van der Waals surface area contributed by atoms with Crippen molar-refractivity contribution in [3.63, 3.8) is 0 Å². The summed E-state index contributed by atoms with van der Waals surface area (Å²) in [5.74, 6) is -0.567. The summed E-state index contributed by atoms with van der Waals surface area (Å²) in [6.07, 6.45) is 3.22. The first-order chi connectivity index (χ1) is 14.9. The standard InChI is InChI=1S/C22H22FN3O4S/c1-25(22(29)19-5-3-9-31-19)13-20(27)26-8-2-4-16(12-26)24-21(28)18-11-14-10-15(23)6-7-17(14)30-18/h2-7,9-10,16,18H,8,11-13H2,1H3,(H,24,28). The average Bonchev–Trinajstić information content (AvgIpc) is 3.43. The zero-order chi connectivity index (χ0) is 22.0. The van der Waals surface area contributed by atoms with E-state index in [0.29, 0.717) is 35.7 Å². The first-order valence-corrected chi connectivity index (χ1v) is 10.8. The summed E-state index contributed by atoms with van der Waals surface area (Å²) in [5, 5.41) is 4.69. The summed E-state index contributed by atoms with van der Waals surface area (Å²) in [7, 11) is 1.59. The van der Waals surface area contributed by atoms with E-state index in [1.54, 1.807) is 24.1 Å². The van der Waals surface area contributed by atoms with Crippen LogP contribution in [0.2, 0.25) is 0 Å². The lowest BCUT2D eigenvalue weighted by Gasteiger charge is -2.31. The molecule has 2 aliphatic heterocycles. The molecule has 2 atom stereocenters. The van der Waals surface area contributed by atoms with Crippen molar-refractivity contribution in [2.24, 2.45) is 0 Å². The van der Waals surface area contributed by atoms with Crippen LogP contribution in [0.15, 0.2) is 47.9 Å². The number of carbonyl (C=O) groups is 3. The molecule has 1 aromatic carbocycles. The van der Waals surface area contributed by atoms with Gasteiger partial charge in [-0.2, -0.15) is 0 Å². The van der Waals surface area contributed by atoms with Crippen molar-refractivity contribution in [3.8, 4) is 5.75 Å². The summed E-state index contributed by atoms with van der Waals surface area (Å²) in [6, 6.07) is 7.34. The molecule has 3 heterocycles. The Bertz CT molecular complexity index is 1020. The van der Waals surface area contributed by atoms with E-state index in [1.807, 2.05) is 17.5 Å². The SMILES string of the molecule is CN(CC(=O)N1CC=CC(NC(=O)C2Cc3cc(F)ccc3O2)C1)C(=O)c1cccs1. The Morgan fingerprint density at radius 2 is 2.16 bits per heavy atom. The number of nitrogens with zero attached hydrogens (tertiary/aromatic N) is 2. The third-order valence-electron chi connectivity index (χ3n) is 5.23. The fourth-order valence-corrected chi connectivity index (χ4v) is 4.34. The van der Waals surface area contributed by atoms with Gasteiger partial charge in [0.2, 0.25) is 5.91 Å². The first-order valence-electron chi connectivity index (χ1n) is 9.89. The number of hydrogen-bond acceptors (Lipinski definition) is 5. The Morgan fingerprint density at radius 3 is 2.94 bits per heavy atom. The van der Waals surface area contributed by atoms with Crippen LogP contribution in [0.25, 0.3) is 0 Å². The highest BCUT2D eigenvalue weighted by molar-refractivity contribution is 7.12. The number of rotatable bonds is 5. The Morgan fingerprint density at radius 1 is 1.32 bits per heavy atom. The second-order valence-electron chi connectivity index (χ2n) is 7.54. The maximum Gasteiger partial charge on any atom is 0.264 e. The van der Waals surface area contributed by atoms with Crippen LogP contribution in [0.3, 0.4) is 0 Å². The first kappa shape index (κ1) is 21.0. The highest BCUT2D eigenvalue weighted by Crippen LogP contribution is 2.29. The maximum atomic E-state index is 13.4. The molecule has 31 heavy (non-hydrogen) atoms. The molecule has 0 saturated heterocycles. The van der Waals surface area contributed by atoms with Crippen molar-refractivity contribution in [1.82, 2.24) is 15.1 Å². The van der Waals surface area contributed by atoms with Crippen molar-refractivity contribution < 1.29 is 23.5 Å². The second-order valence-corrected chi connectivity index (χ2v) is 8.49. The molecule has 162 valence electrons. The molecule has 0 spiro atoms. The minimum absolute atomic E-state index is 0.0438. The monoisotopic (exact) mass is 443 g/mol. The Balaban J connectivity index is 1.30. The molecule has 0 aliphatic carbocycles. The summed E-state index contributed by atoms with van der Waals surface area (Å²) in [4.78, 5) is 41.2. The van der Waals surface area contributed by atoms with Crippen molar-refractivity contribution in [1.29, 1.82) is 0 Å². The molecule has 0 radical (unpaired) electrons. The number of nitrogens with one attached hydrogen (secondary N) is 1. The van der Waals surface area contributed by atoms with E-state index in [4.69, 9.17) is 4.74 Å². The van der Waals surface area contributed by atoms with Crippen molar-refractivity contribution >= 4 is 29.1 Å². The van der Waals surface area contributed by atoms with Gasteiger partial charge in [-0.05, 0) is 29.6 Å². The van der Waals surface area contributed by atoms with Crippen molar-refractivity contribution in [2.45, 2.75) is 18.6 Å². The largest absolute Gasteiger partial charge is 0.480 e. The summed E-state index contributed by atoms with van der Waals surface area (Å²) in [5.41, 5.74) is 0.662. The van der Waals surface area contributed by atoms with E-state index in [2.05, 4.69) is 5.32 Å². The predicted octanol–water partition coefficient (Wildman–Crippen LogP) is 1.85. The maximum absolute atomic E-state index is 13.4. The molecule has 1 N–H and O–H groups in total. The molecule has 4 rings (SSSR count). The fraction of sp³-hybridized carbons (Fsp3) is 0.318. The van der Waals surface area contributed by atoms with Gasteiger partial charge < -0.3 is 19.9 Å². The average molecular weight is 444 g/mol. The molecule has 0 bridgehead atoms. The van der Waals surface area contributed by atoms with E-state index in [9.17, 15) is 18.8 Å². The molecule has 2 unspecified atom stereocenters. The van der Waals surface area contributed by atoms with Crippen LogP contribution in [0, 0.1) is 5.82 Å². The van der Waals surface area contributed by atoms with Gasteiger partial charge in [0.1, 0.15) is 11.6 Å². The van der Waals surface area contributed by atoms with Crippen LogP contribution in [0.1, 0.15) is 15.2 Å². The van der Waals surface area contributed by atoms with Crippen molar-refractivity contribution in [3.05, 3.63) is 64.1 Å². The third kappa shape index (κ3) is 4.77. The lowest BCUT2D eigenvalue weighted by molar-refractivity contribution is -0.133. The molecule has 2 aromatic rings. The van der Waals surface area contributed by atoms with Gasteiger partial charge in [-0.1, -0.05) is 18.2 Å². The highest BCUT2D eigenvalue weighted by atomic mass is 32.1. The predicted molar refractivity (Wildman–Crippen MR) is 113 cm³/mol. The molecule has 9 heteroatoms. The summed E-state index contributed by atoms with van der Waals surface area (Å²) >= 11 is 1.33. The summed E-state index contributed by atoms with van der Waals surface area (Å²) < 4.78 is 19.0. The highest BCUT2D eigenvalue weighted by Gasteiger charge is 2.31. The van der Waals surface area contributed by atoms with Crippen LogP contribution in [0.5, 0.6) is 5.75 Å². The van der Waals surface area contributed by atoms with E-state index >= 15 is 0 Å². The number of fused-ring (bicyclic) bond motifs is 1. The number of hydrogen-bond donors (Lipinski definition) is 1. The zero-order valence-corrected chi connectivity index (χ0v) is 17.7. The van der Waals surface area contributed by atoms with E-state index in [-0.39, 0.29) is 36.1 Å². The Hall–Kier alpha value is -3.20. The number of thiophene rings is 1. The van der Waals surface area contributed by atoms with Crippen LogP contribution >= 0.6 is 11.3 Å². The van der Waals surface area contributed by atoms with Gasteiger partial charge in [0.05, 0.1) is 17.5 Å². The number of likely N-dealkylation sites (N-methyl/N-ethyl adjacent to an activating group) is 1. The van der Waals surface area contributed by atoms with Gasteiger partial charge in [0, 0.05) is 32.1 Å². The molecule has 0 fully saturated rings. The molecular weight excluding hydrogens is 421 g/mol. The molecule has 0 saturated carbocycles. The van der Waals surface area contributed by atoms with Gasteiger partial charge >= 0.3 is 0 Å². The lowest BCUT2D eigenvalue weighted by atomic mass is 10.1. The normalized spacial score (nSPS) is 19.5. The number of carbonyl (C=O) groups excluding carboxylic acids is 3. The zero-order valence-electron chi connectivity index (χ0n) is 16.9. The smallest absolute Gasteiger partial charge is 0.264 e. The van der Waals surface area contributed by atoms with E-state index in [0.717, 1.165) is 0 Å². The number of amides is 3. The van der Waals surface area contributed by atoms with Crippen molar-refractivity contribution in [2.75, 3.05) is 26.7 Å². The topological polar surface area (TPSA) is 79.0 Å². The number of ether oxygens (including phenoxy) is 1. The Kier molecular flexibility index (Phi) is 6.03. The Labute approximate surface area is 183 Å². The quantitative estimate of drug-likeness (QED) is 0.716. The third-order valence-corrected chi connectivity index (χ3v) is 6.09. The lowest BCUT2D eigenvalue weighted by Crippen LogP contribution is -2.52. The molecular formula is C22H22FN3O4S. The van der Waals surface area contributed by atoms with Gasteiger partial charge in [-0.3, -0.25) is 14.4 Å². The van der Waals surface area contributed by atoms with Gasteiger partial charge in [0.25, 0.3) is 11.8 Å². The van der Waals surface area contributed by atoms with Gasteiger partial charge in [0.15, 0.2) is 6.10 Å². The van der Waals surface area contributed by atoms with Crippen LogP contribution in [-0.2, 0) is 16.0 Å². The van der Waals surface area contributed by atoms with Crippen LogP contribution in [-0.4, -0.2) is 66.3 Å².